The van der Waals surface area contributed by atoms with E-state index in [-0.39, 0.29) is 17.1 Å². The first-order valence-electron chi connectivity index (χ1n) is 9.85. The molecule has 3 aromatic carbocycles. The van der Waals surface area contributed by atoms with E-state index in [9.17, 15) is 9.59 Å². The van der Waals surface area contributed by atoms with Gasteiger partial charge in [-0.15, -0.1) is 22.7 Å². The molecule has 6 heteroatoms. The first-order valence-corrected chi connectivity index (χ1v) is 11.5. The predicted molar refractivity (Wildman–Crippen MR) is 128 cm³/mol. The highest BCUT2D eigenvalue weighted by atomic mass is 32.1. The van der Waals surface area contributed by atoms with Gasteiger partial charge in [0.15, 0.2) is 11.6 Å². The van der Waals surface area contributed by atoms with Crippen LogP contribution < -0.4 is 0 Å². The third kappa shape index (κ3) is 2.91. The van der Waals surface area contributed by atoms with Gasteiger partial charge in [-0.05, 0) is 52.7 Å². The van der Waals surface area contributed by atoms with Crippen molar-refractivity contribution in [2.75, 3.05) is 0 Å². The van der Waals surface area contributed by atoms with Crippen LogP contribution >= 0.6 is 22.7 Å². The van der Waals surface area contributed by atoms with Crippen molar-refractivity contribution in [3.8, 4) is 16.5 Å². The molecule has 5 aromatic rings. The van der Waals surface area contributed by atoms with Crippen LogP contribution in [-0.2, 0) is 0 Å². The number of thiophene rings is 1. The SMILES string of the molecule is N#Cc1ccc(-c2cc3sc(C=C4C(=O)c5cc6ccccc6cc5C4=O)nc3s2)cc1. The predicted octanol–water partition coefficient (Wildman–Crippen LogP) is 6.51. The molecule has 2 heterocycles. The Morgan fingerprint density at radius 2 is 1.50 bits per heavy atom. The zero-order valence-electron chi connectivity index (χ0n) is 16.5. The number of carbonyl (C=O) groups is 2. The topological polar surface area (TPSA) is 70.8 Å². The zero-order chi connectivity index (χ0) is 21.8. The Kier molecular flexibility index (Phi) is 4.15. The van der Waals surface area contributed by atoms with E-state index in [1.165, 1.54) is 11.3 Å². The Morgan fingerprint density at radius 3 is 2.09 bits per heavy atom. The van der Waals surface area contributed by atoms with Crippen molar-refractivity contribution >= 4 is 60.6 Å². The highest BCUT2D eigenvalue weighted by Crippen LogP contribution is 2.38. The van der Waals surface area contributed by atoms with Gasteiger partial charge in [-0.2, -0.15) is 5.26 Å². The summed E-state index contributed by atoms with van der Waals surface area (Å²) in [5.74, 6) is -0.486. The van der Waals surface area contributed by atoms with Gasteiger partial charge in [-0.3, -0.25) is 9.59 Å². The highest BCUT2D eigenvalue weighted by Gasteiger charge is 2.33. The first-order chi connectivity index (χ1) is 15.6. The smallest absolute Gasteiger partial charge is 0.197 e. The Labute approximate surface area is 190 Å². The number of fused-ring (bicyclic) bond motifs is 3. The molecule has 0 atom stereocenters. The van der Waals surface area contributed by atoms with E-state index in [4.69, 9.17) is 5.26 Å². The van der Waals surface area contributed by atoms with Gasteiger partial charge < -0.3 is 0 Å². The molecule has 0 unspecified atom stereocenters. The van der Waals surface area contributed by atoms with E-state index in [0.29, 0.717) is 21.7 Å². The van der Waals surface area contributed by atoms with Crippen molar-refractivity contribution in [2.45, 2.75) is 0 Å². The summed E-state index contributed by atoms with van der Waals surface area (Å²) in [6.45, 7) is 0. The van der Waals surface area contributed by atoms with Gasteiger partial charge in [-0.1, -0.05) is 36.4 Å². The summed E-state index contributed by atoms with van der Waals surface area (Å²) in [4.78, 5) is 32.5. The summed E-state index contributed by atoms with van der Waals surface area (Å²) in [6, 6.07) is 22.9. The molecule has 32 heavy (non-hydrogen) atoms. The molecule has 0 spiro atoms. The Bertz CT molecular complexity index is 1580. The maximum absolute atomic E-state index is 13.0. The normalized spacial score (nSPS) is 13.0. The van der Waals surface area contributed by atoms with Gasteiger partial charge >= 0.3 is 0 Å². The number of hydrogen-bond donors (Lipinski definition) is 0. The number of aromatic nitrogens is 1. The van der Waals surface area contributed by atoms with Crippen molar-refractivity contribution in [1.82, 2.24) is 4.98 Å². The van der Waals surface area contributed by atoms with Crippen LogP contribution in [0.15, 0.2) is 72.3 Å². The lowest BCUT2D eigenvalue weighted by Gasteiger charge is -2.00. The number of ketones is 2. The first kappa shape index (κ1) is 18.8. The van der Waals surface area contributed by atoms with Crippen LogP contribution in [0.3, 0.4) is 0 Å². The summed E-state index contributed by atoms with van der Waals surface area (Å²) in [5, 5.41) is 11.5. The van der Waals surface area contributed by atoms with E-state index in [0.717, 1.165) is 30.7 Å². The van der Waals surface area contributed by atoms with Gasteiger partial charge in [0.2, 0.25) is 0 Å². The molecule has 0 aliphatic heterocycles. The molecular formula is C26H12N2O2S2. The number of benzene rings is 3. The molecule has 150 valence electrons. The van der Waals surface area contributed by atoms with Crippen LogP contribution in [0.1, 0.15) is 31.3 Å². The van der Waals surface area contributed by atoms with Crippen molar-refractivity contribution in [3.63, 3.8) is 0 Å². The maximum atomic E-state index is 13.0. The number of thiazole rings is 1. The standard InChI is InChI=1S/C26H12N2O2S2/c27-13-14-5-7-15(8-6-14)21-12-22-26(32-21)28-23(31-22)11-20-24(29)18-9-16-3-1-2-4-17(16)10-19(18)25(20)30/h1-12H. The Balaban J connectivity index is 1.36. The second-order valence-corrected chi connectivity index (χ2v) is 9.58. The minimum atomic E-state index is -0.243. The maximum Gasteiger partial charge on any atom is 0.197 e. The summed E-state index contributed by atoms with van der Waals surface area (Å²) < 4.78 is 1.00. The van der Waals surface area contributed by atoms with E-state index in [2.05, 4.69) is 17.1 Å². The molecule has 0 saturated carbocycles. The lowest BCUT2D eigenvalue weighted by Crippen LogP contribution is -1.99. The molecule has 1 aliphatic carbocycles. The summed E-state index contributed by atoms with van der Waals surface area (Å²) in [6.07, 6.45) is 1.62. The van der Waals surface area contributed by atoms with Crippen molar-refractivity contribution in [3.05, 3.63) is 94.0 Å². The zero-order valence-corrected chi connectivity index (χ0v) is 18.1. The second-order valence-electron chi connectivity index (χ2n) is 7.48. The number of allylic oxidation sites excluding steroid dienone is 1. The molecule has 0 saturated heterocycles. The molecule has 0 fully saturated rings. The van der Waals surface area contributed by atoms with Crippen molar-refractivity contribution < 1.29 is 9.59 Å². The molecule has 0 bridgehead atoms. The van der Waals surface area contributed by atoms with Gasteiger partial charge in [0.25, 0.3) is 0 Å². The molecule has 0 amide bonds. The van der Waals surface area contributed by atoms with Crippen LogP contribution in [0.5, 0.6) is 0 Å². The van der Waals surface area contributed by atoms with Gasteiger partial charge in [0, 0.05) is 16.0 Å². The molecule has 0 N–H and O–H groups in total. The molecular weight excluding hydrogens is 436 g/mol. The van der Waals surface area contributed by atoms with Gasteiger partial charge in [0.1, 0.15) is 9.84 Å². The molecule has 2 aromatic heterocycles. The lowest BCUT2D eigenvalue weighted by atomic mass is 10.0. The van der Waals surface area contributed by atoms with Crippen LogP contribution in [0, 0.1) is 11.3 Å². The Morgan fingerprint density at radius 1 is 0.844 bits per heavy atom. The average molecular weight is 449 g/mol. The number of Topliss-reactive ketones (excluding diaryl/α,β-unsaturated/α-hetero) is 2. The minimum absolute atomic E-state index is 0.170. The summed E-state index contributed by atoms with van der Waals surface area (Å²) in [5.41, 5.74) is 2.74. The Hall–Kier alpha value is -3.92. The van der Waals surface area contributed by atoms with Crippen molar-refractivity contribution in [1.29, 1.82) is 5.26 Å². The molecule has 1 aliphatic rings. The molecule has 4 nitrogen and oxygen atoms in total. The van der Waals surface area contributed by atoms with Crippen LogP contribution in [0.25, 0.3) is 36.8 Å². The average Bonchev–Trinajstić information content (AvgIpc) is 3.45. The van der Waals surface area contributed by atoms with E-state index < -0.39 is 0 Å². The van der Waals surface area contributed by atoms with Gasteiger partial charge in [-0.25, -0.2) is 4.98 Å². The molecule has 0 radical (unpaired) electrons. The quantitative estimate of drug-likeness (QED) is 0.228. The van der Waals surface area contributed by atoms with Crippen molar-refractivity contribution in [2.24, 2.45) is 0 Å². The fraction of sp³-hybridized carbons (Fsp3) is 0. The van der Waals surface area contributed by atoms with E-state index in [1.807, 2.05) is 36.4 Å². The minimum Gasteiger partial charge on any atom is -0.288 e. The largest absolute Gasteiger partial charge is 0.288 e. The second kappa shape index (κ2) is 7.06. The lowest BCUT2D eigenvalue weighted by molar-refractivity contribution is 0.0990. The van der Waals surface area contributed by atoms with Crippen LogP contribution in [0.2, 0.25) is 0 Å². The number of hydrogen-bond acceptors (Lipinski definition) is 6. The highest BCUT2D eigenvalue weighted by molar-refractivity contribution is 7.29. The fourth-order valence-electron chi connectivity index (χ4n) is 3.93. The van der Waals surface area contributed by atoms with E-state index in [1.54, 1.807) is 41.7 Å². The number of carbonyl (C=O) groups excluding carboxylic acids is 2. The third-order valence-corrected chi connectivity index (χ3v) is 7.69. The fourth-order valence-corrected chi connectivity index (χ4v) is 6.10. The number of rotatable bonds is 2. The molecule has 6 rings (SSSR count). The van der Waals surface area contributed by atoms with Gasteiger partial charge in [0.05, 0.1) is 21.9 Å². The summed E-state index contributed by atoms with van der Waals surface area (Å²) >= 11 is 3.01. The number of nitrogens with zero attached hydrogens (tertiary/aromatic N) is 2. The van der Waals surface area contributed by atoms with E-state index >= 15 is 0 Å². The monoisotopic (exact) mass is 448 g/mol. The summed E-state index contributed by atoms with van der Waals surface area (Å²) in [7, 11) is 0. The van der Waals surface area contributed by atoms with Crippen LogP contribution in [0.4, 0.5) is 0 Å². The number of nitriles is 1. The third-order valence-electron chi connectivity index (χ3n) is 5.54. The van der Waals surface area contributed by atoms with Crippen LogP contribution in [-0.4, -0.2) is 16.6 Å².